The molecule has 0 bridgehead atoms. The lowest BCUT2D eigenvalue weighted by Crippen LogP contribution is -2.32. The van der Waals surface area contributed by atoms with Crippen molar-refractivity contribution in [3.05, 3.63) is 71.9 Å². The molecule has 0 aliphatic carbocycles. The number of nitrogens with one attached hydrogen (secondary N) is 2. The number of furan rings is 1. The molecule has 1 aliphatic heterocycles. The van der Waals surface area contributed by atoms with E-state index in [1.807, 2.05) is 30.3 Å². The van der Waals surface area contributed by atoms with Crippen molar-refractivity contribution in [2.45, 2.75) is 19.4 Å². The number of benzene rings is 2. The van der Waals surface area contributed by atoms with Crippen molar-refractivity contribution in [2.24, 2.45) is 4.99 Å². The van der Waals surface area contributed by atoms with Gasteiger partial charge in [-0.05, 0) is 42.0 Å². The Kier molecular flexibility index (Phi) is 9.23. The zero-order valence-corrected chi connectivity index (χ0v) is 20.6. The van der Waals surface area contributed by atoms with Crippen LogP contribution in [0.15, 0.2) is 64.2 Å². The second kappa shape index (κ2) is 12.3. The average molecular weight is 567 g/mol. The van der Waals surface area contributed by atoms with Crippen LogP contribution in [0.3, 0.4) is 0 Å². The minimum absolute atomic E-state index is 0. The lowest BCUT2D eigenvalue weighted by Gasteiger charge is -2.14. The summed E-state index contributed by atoms with van der Waals surface area (Å²) in [5.41, 5.74) is 1.54. The lowest BCUT2D eigenvalue weighted by atomic mass is 10.2. The molecule has 33 heavy (non-hydrogen) atoms. The fraction of sp³-hybridized carbons (Fsp3) is 0.292. The number of halogens is 2. The van der Waals surface area contributed by atoms with E-state index in [1.165, 1.54) is 13.2 Å². The summed E-state index contributed by atoms with van der Waals surface area (Å²) in [5, 5.41) is 6.59. The number of methoxy groups -OCH3 is 1. The Morgan fingerprint density at radius 1 is 1.09 bits per heavy atom. The molecule has 2 N–H and O–H groups in total. The number of hydrogen-bond acceptors (Lipinski definition) is 5. The Morgan fingerprint density at radius 2 is 1.94 bits per heavy atom. The van der Waals surface area contributed by atoms with Gasteiger partial charge >= 0.3 is 0 Å². The molecule has 4 rings (SSSR count). The first-order chi connectivity index (χ1) is 15.7. The summed E-state index contributed by atoms with van der Waals surface area (Å²) < 4.78 is 35.9. The Hall–Kier alpha value is -2.95. The summed E-state index contributed by atoms with van der Waals surface area (Å²) >= 11 is 0. The summed E-state index contributed by atoms with van der Waals surface area (Å²) in [6, 6.07) is 14.3. The maximum atomic E-state index is 14.0. The number of aliphatic imine (C=N–C) groups is 1. The van der Waals surface area contributed by atoms with Crippen LogP contribution in [0, 0.1) is 5.82 Å². The maximum absolute atomic E-state index is 14.0. The molecule has 0 fully saturated rings. The molecule has 0 saturated carbocycles. The van der Waals surface area contributed by atoms with E-state index in [0.717, 1.165) is 29.2 Å². The Morgan fingerprint density at radius 3 is 2.70 bits per heavy atom. The summed E-state index contributed by atoms with van der Waals surface area (Å²) in [4.78, 5) is 4.62. The van der Waals surface area contributed by atoms with Crippen LogP contribution in [0.1, 0.15) is 17.7 Å². The predicted molar refractivity (Wildman–Crippen MR) is 136 cm³/mol. The van der Waals surface area contributed by atoms with Gasteiger partial charge in [-0.1, -0.05) is 6.07 Å². The number of hydrogen-bond donors (Lipinski definition) is 2. The third-order valence-corrected chi connectivity index (χ3v) is 4.89. The van der Waals surface area contributed by atoms with Crippen molar-refractivity contribution < 1.29 is 23.0 Å². The standard InChI is InChI=1S/C24H26FN3O4.HI/c1-29-21-7-5-17(14-20(21)25)16-27-24(26-10-9-19-4-2-11-30-19)28-18-6-8-22-23(15-18)32-13-3-12-31-22;/h2,4-8,11,14-15H,3,9-10,12-13,16H2,1H3,(H2,26,27,28);1H. The van der Waals surface area contributed by atoms with E-state index in [9.17, 15) is 4.39 Å². The molecule has 0 amide bonds. The van der Waals surface area contributed by atoms with Crippen LogP contribution in [0.4, 0.5) is 10.1 Å². The predicted octanol–water partition coefficient (Wildman–Crippen LogP) is 5.01. The van der Waals surface area contributed by atoms with E-state index in [4.69, 9.17) is 18.6 Å². The summed E-state index contributed by atoms with van der Waals surface area (Å²) in [6.07, 6.45) is 3.20. The Labute approximate surface area is 209 Å². The zero-order valence-electron chi connectivity index (χ0n) is 18.3. The van der Waals surface area contributed by atoms with E-state index < -0.39 is 5.82 Å². The van der Waals surface area contributed by atoms with Gasteiger partial charge in [0.15, 0.2) is 29.0 Å². The zero-order chi connectivity index (χ0) is 22.2. The highest BCUT2D eigenvalue weighted by Gasteiger charge is 2.12. The van der Waals surface area contributed by atoms with Gasteiger partial charge in [0, 0.05) is 31.1 Å². The third-order valence-electron chi connectivity index (χ3n) is 4.89. The van der Waals surface area contributed by atoms with Crippen LogP contribution in [0.2, 0.25) is 0 Å². The van der Waals surface area contributed by atoms with Crippen molar-refractivity contribution in [2.75, 3.05) is 32.2 Å². The van der Waals surface area contributed by atoms with Gasteiger partial charge < -0.3 is 29.3 Å². The van der Waals surface area contributed by atoms with Gasteiger partial charge in [0.2, 0.25) is 0 Å². The van der Waals surface area contributed by atoms with Crippen molar-refractivity contribution in [1.82, 2.24) is 5.32 Å². The van der Waals surface area contributed by atoms with Crippen molar-refractivity contribution in [3.63, 3.8) is 0 Å². The number of fused-ring (bicyclic) bond motifs is 1. The van der Waals surface area contributed by atoms with Gasteiger partial charge in [0.1, 0.15) is 5.76 Å². The molecule has 3 aromatic rings. The van der Waals surface area contributed by atoms with Crippen molar-refractivity contribution in [3.8, 4) is 17.2 Å². The van der Waals surface area contributed by atoms with Crippen LogP contribution in [-0.2, 0) is 13.0 Å². The molecule has 2 aromatic carbocycles. The number of ether oxygens (including phenoxy) is 3. The second-order valence-electron chi connectivity index (χ2n) is 7.23. The number of guanidine groups is 1. The number of nitrogens with zero attached hydrogens (tertiary/aromatic N) is 1. The maximum Gasteiger partial charge on any atom is 0.196 e. The first-order valence-corrected chi connectivity index (χ1v) is 10.5. The fourth-order valence-corrected chi connectivity index (χ4v) is 3.25. The highest BCUT2D eigenvalue weighted by Crippen LogP contribution is 2.32. The van der Waals surface area contributed by atoms with Gasteiger partial charge in [-0.15, -0.1) is 24.0 Å². The fourth-order valence-electron chi connectivity index (χ4n) is 3.25. The monoisotopic (exact) mass is 567 g/mol. The minimum atomic E-state index is -0.414. The molecule has 0 spiro atoms. The van der Waals surface area contributed by atoms with Gasteiger partial charge in [-0.2, -0.15) is 0 Å². The largest absolute Gasteiger partial charge is 0.494 e. The van der Waals surface area contributed by atoms with Gasteiger partial charge in [0.05, 0.1) is 33.1 Å². The molecule has 7 nitrogen and oxygen atoms in total. The number of rotatable bonds is 7. The van der Waals surface area contributed by atoms with Crippen molar-refractivity contribution >= 4 is 35.6 Å². The smallest absolute Gasteiger partial charge is 0.196 e. The summed E-state index contributed by atoms with van der Waals surface area (Å²) in [5.74, 6) is 2.65. The Balaban J connectivity index is 0.00000306. The molecule has 2 heterocycles. The molecule has 176 valence electrons. The topological polar surface area (TPSA) is 77.2 Å². The van der Waals surface area contributed by atoms with Crippen molar-refractivity contribution in [1.29, 1.82) is 0 Å². The SMILES string of the molecule is COc1ccc(CN=C(NCCc2ccco2)Nc2ccc3c(c2)OCCCO3)cc1F.I. The van der Waals surface area contributed by atoms with Crippen LogP contribution in [0.25, 0.3) is 0 Å². The molecule has 0 atom stereocenters. The summed E-state index contributed by atoms with van der Waals surface area (Å²) in [7, 11) is 1.44. The minimum Gasteiger partial charge on any atom is -0.494 e. The van der Waals surface area contributed by atoms with Gasteiger partial charge in [-0.25, -0.2) is 9.38 Å². The highest BCUT2D eigenvalue weighted by atomic mass is 127. The summed E-state index contributed by atoms with van der Waals surface area (Å²) in [6.45, 7) is 2.16. The molecular weight excluding hydrogens is 540 g/mol. The first kappa shape index (κ1) is 24.7. The molecule has 1 aromatic heterocycles. The quantitative estimate of drug-likeness (QED) is 0.238. The average Bonchev–Trinajstić information content (AvgIpc) is 3.21. The highest BCUT2D eigenvalue weighted by molar-refractivity contribution is 14.0. The molecule has 9 heteroatoms. The second-order valence-corrected chi connectivity index (χ2v) is 7.23. The molecule has 1 aliphatic rings. The van der Waals surface area contributed by atoms with E-state index >= 15 is 0 Å². The van der Waals surface area contributed by atoms with Crippen LogP contribution < -0.4 is 24.8 Å². The van der Waals surface area contributed by atoms with Crippen LogP contribution in [0.5, 0.6) is 17.2 Å². The third kappa shape index (κ3) is 7.01. The van der Waals surface area contributed by atoms with Crippen LogP contribution in [-0.4, -0.2) is 32.8 Å². The van der Waals surface area contributed by atoms with Gasteiger partial charge in [-0.3, -0.25) is 0 Å². The Bertz CT molecular complexity index is 1060. The van der Waals surface area contributed by atoms with E-state index in [2.05, 4.69) is 15.6 Å². The van der Waals surface area contributed by atoms with E-state index in [-0.39, 0.29) is 29.7 Å². The van der Waals surface area contributed by atoms with Gasteiger partial charge in [0.25, 0.3) is 0 Å². The normalized spacial score (nSPS) is 13.0. The molecule has 0 radical (unpaired) electrons. The van der Waals surface area contributed by atoms with E-state index in [0.29, 0.717) is 44.4 Å². The van der Waals surface area contributed by atoms with E-state index in [1.54, 1.807) is 18.4 Å². The lowest BCUT2D eigenvalue weighted by molar-refractivity contribution is 0.297. The van der Waals surface area contributed by atoms with Crippen LogP contribution >= 0.6 is 24.0 Å². The number of anilines is 1. The molecule has 0 unspecified atom stereocenters. The first-order valence-electron chi connectivity index (χ1n) is 10.5. The molecule has 0 saturated heterocycles. The molecular formula is C24H27FIN3O4.